The molecular formula is C21H20ClF3N4O3. The second-order valence-electron chi connectivity index (χ2n) is 7.55. The number of hydrogen-bond acceptors (Lipinski definition) is 4. The normalized spacial score (nSPS) is 18.2. The third-order valence-electron chi connectivity index (χ3n) is 4.78. The van der Waals surface area contributed by atoms with Gasteiger partial charge in [0.2, 0.25) is 5.91 Å². The molecule has 2 aromatic rings. The smallest absolute Gasteiger partial charge is 0.406 e. The summed E-state index contributed by atoms with van der Waals surface area (Å²) in [4.78, 5) is 27.2. The van der Waals surface area contributed by atoms with Crippen LogP contribution in [0, 0.1) is 5.41 Å². The minimum atomic E-state index is -4.81. The minimum Gasteiger partial charge on any atom is -0.406 e. The average Bonchev–Trinajstić information content (AvgIpc) is 3.07. The molecule has 0 spiro atoms. The highest BCUT2D eigenvalue weighted by atomic mass is 35.5. The van der Waals surface area contributed by atoms with E-state index < -0.39 is 23.6 Å². The van der Waals surface area contributed by atoms with Gasteiger partial charge in [0.25, 0.3) is 0 Å². The lowest BCUT2D eigenvalue weighted by atomic mass is 9.81. The lowest BCUT2D eigenvalue weighted by Gasteiger charge is -2.28. The van der Waals surface area contributed by atoms with Crippen molar-refractivity contribution in [2.24, 2.45) is 10.5 Å². The molecule has 0 bridgehead atoms. The van der Waals surface area contributed by atoms with E-state index in [9.17, 15) is 22.8 Å². The summed E-state index contributed by atoms with van der Waals surface area (Å²) in [6.45, 7) is 1.67. The van der Waals surface area contributed by atoms with E-state index in [0.29, 0.717) is 16.3 Å². The van der Waals surface area contributed by atoms with Gasteiger partial charge in [-0.2, -0.15) is 5.10 Å². The van der Waals surface area contributed by atoms with Gasteiger partial charge in [-0.1, -0.05) is 23.7 Å². The Morgan fingerprint density at radius 3 is 2.25 bits per heavy atom. The Morgan fingerprint density at radius 1 is 1.12 bits per heavy atom. The third kappa shape index (κ3) is 5.13. The standard InChI is InChI=1S/C21H20ClF3N4O3/c1-20(18(30)28(2)3)12-29(27-17(20)13-4-6-14(22)7-5-13)19(31)26-15-8-10-16(11-9-15)32-21(23,24)25/h4-11H,12H2,1-3H3,(H,26,31). The molecule has 170 valence electrons. The van der Waals surface area contributed by atoms with Crippen LogP contribution in [0.3, 0.4) is 0 Å². The summed E-state index contributed by atoms with van der Waals surface area (Å²) in [5.74, 6) is -0.654. The summed E-state index contributed by atoms with van der Waals surface area (Å²) in [6.07, 6.45) is -4.81. The van der Waals surface area contributed by atoms with Crippen molar-refractivity contribution in [1.82, 2.24) is 9.91 Å². The van der Waals surface area contributed by atoms with E-state index >= 15 is 0 Å². The Morgan fingerprint density at radius 2 is 1.72 bits per heavy atom. The van der Waals surface area contributed by atoms with Crippen molar-refractivity contribution >= 4 is 34.9 Å². The zero-order chi connectivity index (χ0) is 23.7. The quantitative estimate of drug-likeness (QED) is 0.713. The van der Waals surface area contributed by atoms with Crippen LogP contribution in [-0.4, -0.2) is 54.6 Å². The number of carbonyl (C=O) groups is 2. The molecule has 32 heavy (non-hydrogen) atoms. The monoisotopic (exact) mass is 468 g/mol. The maximum Gasteiger partial charge on any atom is 0.573 e. The predicted molar refractivity (Wildman–Crippen MR) is 114 cm³/mol. The van der Waals surface area contributed by atoms with Gasteiger partial charge in [-0.3, -0.25) is 4.79 Å². The van der Waals surface area contributed by atoms with E-state index in [1.165, 1.54) is 17.0 Å². The lowest BCUT2D eigenvalue weighted by molar-refractivity contribution is -0.274. The second-order valence-corrected chi connectivity index (χ2v) is 7.98. The summed E-state index contributed by atoms with van der Waals surface area (Å²) in [5, 5.41) is 8.57. The number of nitrogens with zero attached hydrogens (tertiary/aromatic N) is 3. The maximum atomic E-state index is 13.0. The van der Waals surface area contributed by atoms with Crippen LogP contribution >= 0.6 is 11.6 Å². The first-order valence-corrected chi connectivity index (χ1v) is 9.78. The molecule has 1 aliphatic rings. The van der Waals surface area contributed by atoms with Crippen LogP contribution in [0.15, 0.2) is 53.6 Å². The van der Waals surface area contributed by atoms with E-state index in [0.717, 1.165) is 17.1 Å². The van der Waals surface area contributed by atoms with Crippen molar-refractivity contribution < 1.29 is 27.5 Å². The van der Waals surface area contributed by atoms with E-state index in [1.54, 1.807) is 45.3 Å². The number of rotatable bonds is 4. The van der Waals surface area contributed by atoms with Gasteiger partial charge in [0, 0.05) is 24.8 Å². The highest BCUT2D eigenvalue weighted by Gasteiger charge is 2.48. The first kappa shape index (κ1) is 23.4. The molecule has 11 heteroatoms. The number of anilines is 1. The number of urea groups is 1. The fourth-order valence-corrected chi connectivity index (χ4v) is 3.46. The molecule has 1 heterocycles. The molecule has 7 nitrogen and oxygen atoms in total. The van der Waals surface area contributed by atoms with Gasteiger partial charge in [0.15, 0.2) is 0 Å². The first-order valence-electron chi connectivity index (χ1n) is 9.40. The summed E-state index contributed by atoms with van der Waals surface area (Å²) in [6, 6.07) is 10.8. The Hall–Kier alpha value is -3.27. The van der Waals surface area contributed by atoms with Gasteiger partial charge in [-0.15, -0.1) is 13.2 Å². The van der Waals surface area contributed by atoms with E-state index in [4.69, 9.17) is 11.6 Å². The van der Waals surface area contributed by atoms with Gasteiger partial charge in [-0.05, 0) is 48.9 Å². The molecular weight excluding hydrogens is 449 g/mol. The van der Waals surface area contributed by atoms with Gasteiger partial charge >= 0.3 is 12.4 Å². The lowest BCUT2D eigenvalue weighted by Crippen LogP contribution is -2.46. The van der Waals surface area contributed by atoms with Crippen molar-refractivity contribution in [3.63, 3.8) is 0 Å². The molecule has 1 unspecified atom stereocenters. The molecule has 1 aliphatic heterocycles. The van der Waals surface area contributed by atoms with Crippen molar-refractivity contribution in [3.8, 4) is 5.75 Å². The number of benzene rings is 2. The van der Waals surface area contributed by atoms with Crippen LogP contribution in [0.2, 0.25) is 5.02 Å². The number of nitrogens with one attached hydrogen (secondary N) is 1. The zero-order valence-corrected chi connectivity index (χ0v) is 18.2. The molecule has 1 N–H and O–H groups in total. The summed E-state index contributed by atoms with van der Waals surface area (Å²) < 4.78 is 40.7. The zero-order valence-electron chi connectivity index (χ0n) is 17.4. The summed E-state index contributed by atoms with van der Waals surface area (Å²) >= 11 is 5.96. The largest absolute Gasteiger partial charge is 0.573 e. The van der Waals surface area contributed by atoms with Crippen LogP contribution in [0.25, 0.3) is 0 Å². The summed E-state index contributed by atoms with van der Waals surface area (Å²) in [7, 11) is 3.22. The van der Waals surface area contributed by atoms with Gasteiger partial charge < -0.3 is 15.0 Å². The van der Waals surface area contributed by atoms with Crippen molar-refractivity contribution in [1.29, 1.82) is 0 Å². The topological polar surface area (TPSA) is 74.2 Å². The Labute approximate surface area is 187 Å². The third-order valence-corrected chi connectivity index (χ3v) is 5.03. The number of amides is 3. The molecule has 0 aliphatic carbocycles. The molecule has 0 fully saturated rings. The van der Waals surface area contributed by atoms with E-state index in [1.807, 2.05) is 0 Å². The van der Waals surface area contributed by atoms with Crippen LogP contribution in [-0.2, 0) is 4.79 Å². The van der Waals surface area contributed by atoms with E-state index in [-0.39, 0.29) is 18.1 Å². The molecule has 1 atom stereocenters. The SMILES string of the molecule is CN(C)C(=O)C1(C)CN(C(=O)Nc2ccc(OC(F)(F)F)cc2)N=C1c1ccc(Cl)cc1. The van der Waals surface area contributed by atoms with Crippen LogP contribution in [0.5, 0.6) is 5.75 Å². The molecule has 0 radical (unpaired) electrons. The molecule has 0 saturated carbocycles. The molecule has 2 aromatic carbocycles. The Balaban J connectivity index is 1.83. The van der Waals surface area contributed by atoms with E-state index in [2.05, 4.69) is 15.2 Å². The van der Waals surface area contributed by atoms with Crippen LogP contribution < -0.4 is 10.1 Å². The number of halogens is 4. The Kier molecular flexibility index (Phi) is 6.36. The summed E-state index contributed by atoms with van der Waals surface area (Å²) in [5.41, 5.74) is 0.160. The Bertz CT molecular complexity index is 1040. The molecule has 3 amide bonds. The predicted octanol–water partition coefficient (Wildman–Crippen LogP) is 4.58. The molecule has 0 saturated heterocycles. The number of hydrogen-bond donors (Lipinski definition) is 1. The van der Waals surface area contributed by atoms with Gasteiger partial charge in [0.05, 0.1) is 12.3 Å². The van der Waals surface area contributed by atoms with Crippen molar-refractivity contribution in [2.75, 3.05) is 26.0 Å². The number of ether oxygens (including phenoxy) is 1. The highest BCUT2D eigenvalue weighted by Crippen LogP contribution is 2.34. The number of hydrazone groups is 1. The van der Waals surface area contributed by atoms with Crippen molar-refractivity contribution in [2.45, 2.75) is 13.3 Å². The fourth-order valence-electron chi connectivity index (χ4n) is 3.33. The molecule has 3 rings (SSSR count). The maximum absolute atomic E-state index is 13.0. The first-order chi connectivity index (χ1) is 14.9. The fraction of sp³-hybridized carbons (Fsp3) is 0.286. The van der Waals surface area contributed by atoms with Crippen LogP contribution in [0.4, 0.5) is 23.7 Å². The van der Waals surface area contributed by atoms with Gasteiger partial charge in [0.1, 0.15) is 11.2 Å². The van der Waals surface area contributed by atoms with Crippen LogP contribution in [0.1, 0.15) is 12.5 Å². The highest BCUT2D eigenvalue weighted by molar-refractivity contribution is 6.30. The minimum absolute atomic E-state index is 0.0247. The molecule has 0 aromatic heterocycles. The number of alkyl halides is 3. The average molecular weight is 469 g/mol. The second kappa shape index (κ2) is 8.70. The van der Waals surface area contributed by atoms with Crippen molar-refractivity contribution in [3.05, 3.63) is 59.1 Å². The van der Waals surface area contributed by atoms with Gasteiger partial charge in [-0.25, -0.2) is 9.80 Å². The number of carbonyl (C=O) groups excluding carboxylic acids is 2.